The van der Waals surface area contributed by atoms with Gasteiger partial charge in [0.05, 0.1) is 12.7 Å². The van der Waals surface area contributed by atoms with Crippen molar-refractivity contribution in [3.63, 3.8) is 0 Å². The van der Waals surface area contributed by atoms with Gasteiger partial charge in [-0.15, -0.1) is 0 Å². The van der Waals surface area contributed by atoms with Gasteiger partial charge in [0.15, 0.2) is 0 Å². The van der Waals surface area contributed by atoms with Crippen molar-refractivity contribution in [2.24, 2.45) is 5.92 Å². The Morgan fingerprint density at radius 3 is 2.56 bits per heavy atom. The smallest absolute Gasteiger partial charge is 0.122 e. The molecule has 0 aliphatic rings. The largest absolute Gasteiger partial charge is 0.493 e. The van der Waals surface area contributed by atoms with Gasteiger partial charge in [0.25, 0.3) is 0 Å². The van der Waals surface area contributed by atoms with Crippen LogP contribution in [0.1, 0.15) is 32.8 Å². The summed E-state index contributed by atoms with van der Waals surface area (Å²) in [5, 5.41) is 9.66. The van der Waals surface area contributed by atoms with Crippen LogP contribution in [0.4, 0.5) is 0 Å². The van der Waals surface area contributed by atoms with Gasteiger partial charge in [-0.05, 0) is 24.0 Å². The van der Waals surface area contributed by atoms with Gasteiger partial charge in [-0.2, -0.15) is 0 Å². The van der Waals surface area contributed by atoms with E-state index in [4.69, 9.17) is 4.74 Å². The standard InChI is InChI=1S/C14H22O2/c1-4-13(15)9-12-7-5-6-8-14(12)16-10-11(2)3/h5-8,11,13,15H,4,9-10H2,1-3H3. The van der Waals surface area contributed by atoms with Gasteiger partial charge in [-0.1, -0.05) is 39.0 Å². The number of benzene rings is 1. The van der Waals surface area contributed by atoms with Gasteiger partial charge in [0.1, 0.15) is 5.75 Å². The third-order valence-corrected chi connectivity index (χ3v) is 2.47. The Kier molecular flexibility index (Phi) is 5.33. The van der Waals surface area contributed by atoms with E-state index in [1.165, 1.54) is 0 Å². The third kappa shape index (κ3) is 4.23. The molecule has 0 radical (unpaired) electrons. The maximum absolute atomic E-state index is 9.66. The molecule has 2 nitrogen and oxygen atoms in total. The lowest BCUT2D eigenvalue weighted by Gasteiger charge is -2.14. The summed E-state index contributed by atoms with van der Waals surface area (Å²) < 4.78 is 5.73. The fourth-order valence-corrected chi connectivity index (χ4v) is 1.47. The predicted octanol–water partition coefficient (Wildman–Crippen LogP) is 3.03. The van der Waals surface area contributed by atoms with Crippen LogP contribution in [-0.4, -0.2) is 17.8 Å². The predicted molar refractivity (Wildman–Crippen MR) is 66.8 cm³/mol. The van der Waals surface area contributed by atoms with Crippen LogP contribution in [0.3, 0.4) is 0 Å². The molecule has 0 bridgehead atoms. The number of hydrogen-bond donors (Lipinski definition) is 1. The van der Waals surface area contributed by atoms with Crippen LogP contribution in [0, 0.1) is 5.92 Å². The normalized spacial score (nSPS) is 12.8. The van der Waals surface area contributed by atoms with Gasteiger partial charge >= 0.3 is 0 Å². The Hall–Kier alpha value is -1.02. The molecule has 1 unspecified atom stereocenters. The van der Waals surface area contributed by atoms with Crippen LogP contribution < -0.4 is 4.74 Å². The van der Waals surface area contributed by atoms with Crippen molar-refractivity contribution < 1.29 is 9.84 Å². The van der Waals surface area contributed by atoms with Gasteiger partial charge < -0.3 is 9.84 Å². The molecule has 1 N–H and O–H groups in total. The molecule has 1 aromatic carbocycles. The van der Waals surface area contributed by atoms with E-state index in [0.29, 0.717) is 12.3 Å². The number of hydrogen-bond acceptors (Lipinski definition) is 2. The molecule has 1 rings (SSSR count). The number of rotatable bonds is 6. The highest BCUT2D eigenvalue weighted by atomic mass is 16.5. The molecule has 0 aliphatic carbocycles. The lowest BCUT2D eigenvalue weighted by molar-refractivity contribution is 0.168. The van der Waals surface area contributed by atoms with E-state index in [2.05, 4.69) is 13.8 Å². The third-order valence-electron chi connectivity index (χ3n) is 2.47. The SMILES string of the molecule is CCC(O)Cc1ccccc1OCC(C)C. The minimum atomic E-state index is -0.274. The van der Waals surface area contributed by atoms with Gasteiger partial charge in [-0.3, -0.25) is 0 Å². The molecular formula is C14H22O2. The number of ether oxygens (including phenoxy) is 1. The summed E-state index contributed by atoms with van der Waals surface area (Å²) in [6, 6.07) is 7.95. The summed E-state index contributed by atoms with van der Waals surface area (Å²) in [6.45, 7) is 6.97. The van der Waals surface area contributed by atoms with E-state index in [9.17, 15) is 5.11 Å². The lowest BCUT2D eigenvalue weighted by Crippen LogP contribution is -2.11. The number of aliphatic hydroxyl groups is 1. The molecule has 0 fully saturated rings. The average Bonchev–Trinajstić information content (AvgIpc) is 2.27. The van der Waals surface area contributed by atoms with Crippen LogP contribution in [0.25, 0.3) is 0 Å². The van der Waals surface area contributed by atoms with Crippen LogP contribution in [0.2, 0.25) is 0 Å². The Morgan fingerprint density at radius 2 is 1.94 bits per heavy atom. The summed E-state index contributed by atoms with van der Waals surface area (Å²) >= 11 is 0. The first-order valence-corrected chi connectivity index (χ1v) is 6.02. The average molecular weight is 222 g/mol. The zero-order valence-electron chi connectivity index (χ0n) is 10.4. The van der Waals surface area contributed by atoms with Crippen LogP contribution in [0.5, 0.6) is 5.75 Å². The van der Waals surface area contributed by atoms with Gasteiger partial charge in [0, 0.05) is 6.42 Å². The molecule has 16 heavy (non-hydrogen) atoms. The first-order chi connectivity index (χ1) is 7.63. The molecule has 0 heterocycles. The molecule has 1 atom stereocenters. The Labute approximate surface area is 98.3 Å². The molecule has 1 aromatic rings. The first-order valence-electron chi connectivity index (χ1n) is 6.02. The topological polar surface area (TPSA) is 29.5 Å². The quantitative estimate of drug-likeness (QED) is 0.801. The molecule has 0 saturated carbocycles. The fraction of sp³-hybridized carbons (Fsp3) is 0.571. The van der Waals surface area contributed by atoms with Crippen molar-refractivity contribution in [3.05, 3.63) is 29.8 Å². The highest BCUT2D eigenvalue weighted by Gasteiger charge is 2.08. The van der Waals surface area contributed by atoms with Crippen molar-refractivity contribution in [2.45, 2.75) is 39.7 Å². The zero-order chi connectivity index (χ0) is 12.0. The maximum Gasteiger partial charge on any atom is 0.122 e. The number of para-hydroxylation sites is 1. The highest BCUT2D eigenvalue weighted by Crippen LogP contribution is 2.20. The molecule has 0 spiro atoms. The summed E-state index contributed by atoms with van der Waals surface area (Å²) in [7, 11) is 0. The van der Waals surface area contributed by atoms with Crippen LogP contribution >= 0.6 is 0 Å². The van der Waals surface area contributed by atoms with E-state index in [1.54, 1.807) is 0 Å². The molecular weight excluding hydrogens is 200 g/mol. The number of aliphatic hydroxyl groups excluding tert-OH is 1. The molecule has 0 aliphatic heterocycles. The fourth-order valence-electron chi connectivity index (χ4n) is 1.47. The summed E-state index contributed by atoms with van der Waals surface area (Å²) in [4.78, 5) is 0. The lowest BCUT2D eigenvalue weighted by atomic mass is 10.1. The molecule has 90 valence electrons. The zero-order valence-corrected chi connectivity index (χ0v) is 10.4. The van der Waals surface area contributed by atoms with Gasteiger partial charge in [-0.25, -0.2) is 0 Å². The monoisotopic (exact) mass is 222 g/mol. The highest BCUT2D eigenvalue weighted by molar-refractivity contribution is 5.33. The van der Waals surface area contributed by atoms with Crippen LogP contribution in [0.15, 0.2) is 24.3 Å². The summed E-state index contributed by atoms with van der Waals surface area (Å²) in [5.74, 6) is 1.42. The van der Waals surface area contributed by atoms with Crippen LogP contribution in [-0.2, 0) is 6.42 Å². The second kappa shape index (κ2) is 6.54. The Balaban J connectivity index is 2.67. The maximum atomic E-state index is 9.66. The van der Waals surface area contributed by atoms with Crippen molar-refractivity contribution >= 4 is 0 Å². The first kappa shape index (κ1) is 13.0. The van der Waals surface area contributed by atoms with Gasteiger partial charge in [0.2, 0.25) is 0 Å². The van der Waals surface area contributed by atoms with E-state index >= 15 is 0 Å². The minimum Gasteiger partial charge on any atom is -0.493 e. The van der Waals surface area contributed by atoms with Crippen molar-refractivity contribution in [2.75, 3.05) is 6.61 Å². The Morgan fingerprint density at radius 1 is 1.25 bits per heavy atom. The van der Waals surface area contributed by atoms with E-state index in [0.717, 1.165) is 24.3 Å². The van der Waals surface area contributed by atoms with Crippen molar-refractivity contribution in [3.8, 4) is 5.75 Å². The summed E-state index contributed by atoms with van der Waals surface area (Å²) in [5.41, 5.74) is 1.09. The van der Waals surface area contributed by atoms with Crippen molar-refractivity contribution in [1.29, 1.82) is 0 Å². The minimum absolute atomic E-state index is 0.274. The molecule has 0 aromatic heterocycles. The second-order valence-electron chi connectivity index (χ2n) is 4.58. The molecule has 0 saturated heterocycles. The molecule has 0 amide bonds. The molecule has 2 heteroatoms. The second-order valence-corrected chi connectivity index (χ2v) is 4.58. The Bertz CT molecular complexity index is 307. The van der Waals surface area contributed by atoms with E-state index < -0.39 is 0 Å². The van der Waals surface area contributed by atoms with Crippen molar-refractivity contribution in [1.82, 2.24) is 0 Å². The van der Waals surface area contributed by atoms with E-state index in [-0.39, 0.29) is 6.10 Å². The summed E-state index contributed by atoms with van der Waals surface area (Å²) in [6.07, 6.45) is 1.17. The van der Waals surface area contributed by atoms with E-state index in [1.807, 2.05) is 31.2 Å².